The first-order valence-electron chi connectivity index (χ1n) is 6.39. The molecule has 0 spiro atoms. The number of allylic oxidation sites excluding steroid dienone is 1. The SMILES string of the molecule is CN/C(=C(/Br)C=N)c1c(F)c(Cl)cc(N2CC(F)(F)C2)c1C#N. The molecule has 0 atom stereocenters. The number of hydrogen-bond acceptors (Lipinski definition) is 4. The Hall–Kier alpha value is -1.72. The smallest absolute Gasteiger partial charge is 0.282 e. The lowest BCUT2D eigenvalue weighted by molar-refractivity contribution is -0.0262. The Kier molecular flexibility index (Phi) is 4.92. The molecule has 0 bridgehead atoms. The summed E-state index contributed by atoms with van der Waals surface area (Å²) in [6, 6.07) is 3.01. The number of alkyl halides is 2. The van der Waals surface area contributed by atoms with Gasteiger partial charge in [0.25, 0.3) is 5.92 Å². The third kappa shape index (κ3) is 3.16. The molecule has 2 N–H and O–H groups in total. The molecule has 2 rings (SSSR count). The van der Waals surface area contributed by atoms with Gasteiger partial charge in [0.2, 0.25) is 0 Å². The van der Waals surface area contributed by atoms with E-state index in [0.29, 0.717) is 0 Å². The van der Waals surface area contributed by atoms with Gasteiger partial charge in [-0.2, -0.15) is 5.26 Å². The second-order valence-corrected chi connectivity index (χ2v) is 6.14. The van der Waals surface area contributed by atoms with Crippen LogP contribution in [0.3, 0.4) is 0 Å². The van der Waals surface area contributed by atoms with Crippen molar-refractivity contribution in [3.8, 4) is 6.07 Å². The van der Waals surface area contributed by atoms with Crippen molar-refractivity contribution >= 4 is 45.1 Å². The third-order valence-corrected chi connectivity index (χ3v) is 4.26. The van der Waals surface area contributed by atoms with Crippen molar-refractivity contribution in [3.05, 3.63) is 32.5 Å². The fraction of sp³-hybridized carbons (Fsp3) is 0.286. The second-order valence-electron chi connectivity index (χ2n) is 4.88. The van der Waals surface area contributed by atoms with E-state index < -0.39 is 24.8 Å². The van der Waals surface area contributed by atoms with E-state index in [0.717, 1.165) is 6.21 Å². The minimum atomic E-state index is -2.84. The van der Waals surface area contributed by atoms with Crippen molar-refractivity contribution < 1.29 is 13.2 Å². The maximum absolute atomic E-state index is 14.5. The molecule has 1 aromatic rings. The van der Waals surface area contributed by atoms with Crippen LogP contribution in [0.4, 0.5) is 18.9 Å². The molecule has 1 aliphatic heterocycles. The fourth-order valence-electron chi connectivity index (χ4n) is 2.33. The molecule has 1 heterocycles. The standard InChI is InChI=1S/C14H11BrClF3N4/c1-22-13(8(15)4-21)11-7(3-20)10(2-9(16)12(11)17)23-5-14(18,19)6-23/h2,4,21-22H,5-6H2,1H3/b13-8+,21-4?. The Labute approximate surface area is 144 Å². The molecule has 1 saturated heterocycles. The number of halogens is 5. The first-order valence-corrected chi connectivity index (χ1v) is 7.56. The molecule has 1 fully saturated rings. The first-order chi connectivity index (χ1) is 10.8. The Bertz CT molecular complexity index is 735. The zero-order chi connectivity index (χ0) is 17.4. The second kappa shape index (κ2) is 6.42. The van der Waals surface area contributed by atoms with Crippen LogP contribution in [0.15, 0.2) is 10.5 Å². The molecule has 122 valence electrons. The summed E-state index contributed by atoms with van der Waals surface area (Å²) >= 11 is 8.97. The molecular weight excluding hydrogens is 397 g/mol. The molecule has 4 nitrogen and oxygen atoms in total. The number of nitrogens with zero attached hydrogens (tertiary/aromatic N) is 2. The molecule has 1 aliphatic rings. The van der Waals surface area contributed by atoms with Gasteiger partial charge >= 0.3 is 0 Å². The predicted octanol–water partition coefficient (Wildman–Crippen LogP) is 3.74. The van der Waals surface area contributed by atoms with E-state index in [9.17, 15) is 18.4 Å². The fourth-order valence-corrected chi connectivity index (χ4v) is 2.92. The predicted molar refractivity (Wildman–Crippen MR) is 87.0 cm³/mol. The summed E-state index contributed by atoms with van der Waals surface area (Å²) < 4.78 is 40.9. The van der Waals surface area contributed by atoms with Crippen molar-refractivity contribution in [1.82, 2.24) is 5.32 Å². The van der Waals surface area contributed by atoms with Gasteiger partial charge < -0.3 is 15.6 Å². The molecule has 0 radical (unpaired) electrons. The van der Waals surface area contributed by atoms with Gasteiger partial charge in [0.05, 0.1) is 45.1 Å². The quantitative estimate of drug-likeness (QED) is 0.748. The highest BCUT2D eigenvalue weighted by Gasteiger charge is 2.45. The van der Waals surface area contributed by atoms with Crippen molar-refractivity contribution in [3.63, 3.8) is 0 Å². The van der Waals surface area contributed by atoms with Crippen molar-refractivity contribution in [2.24, 2.45) is 0 Å². The molecule has 0 saturated carbocycles. The summed E-state index contributed by atoms with van der Waals surface area (Å²) in [4.78, 5) is 1.26. The number of rotatable bonds is 4. The molecule has 9 heteroatoms. The van der Waals surface area contributed by atoms with Crippen LogP contribution in [0.2, 0.25) is 5.02 Å². The Morgan fingerprint density at radius 1 is 1.57 bits per heavy atom. The summed E-state index contributed by atoms with van der Waals surface area (Å²) in [6.45, 7) is -1.12. The molecule has 0 aromatic heterocycles. The average molecular weight is 408 g/mol. The van der Waals surface area contributed by atoms with Crippen LogP contribution in [0, 0.1) is 22.6 Å². The zero-order valence-corrected chi connectivity index (χ0v) is 14.2. The van der Waals surface area contributed by atoms with Crippen molar-refractivity contribution in [2.45, 2.75) is 5.92 Å². The van der Waals surface area contributed by atoms with Crippen LogP contribution >= 0.6 is 27.5 Å². The lowest BCUT2D eigenvalue weighted by Crippen LogP contribution is -2.56. The van der Waals surface area contributed by atoms with Gasteiger partial charge in [-0.1, -0.05) is 11.6 Å². The summed E-state index contributed by atoms with van der Waals surface area (Å²) in [5.74, 6) is -3.70. The van der Waals surface area contributed by atoms with Gasteiger partial charge in [-0.05, 0) is 22.0 Å². The Morgan fingerprint density at radius 2 is 2.17 bits per heavy atom. The van der Waals surface area contributed by atoms with Crippen LogP contribution in [0.25, 0.3) is 5.70 Å². The molecule has 0 amide bonds. The van der Waals surface area contributed by atoms with Gasteiger partial charge in [-0.25, -0.2) is 13.2 Å². The van der Waals surface area contributed by atoms with Gasteiger partial charge in [-0.3, -0.25) is 0 Å². The van der Waals surface area contributed by atoms with Crippen molar-refractivity contribution in [2.75, 3.05) is 25.0 Å². The minimum absolute atomic E-state index is 0.120. The lowest BCUT2D eigenvalue weighted by atomic mass is 9.98. The maximum atomic E-state index is 14.5. The van der Waals surface area contributed by atoms with E-state index in [1.807, 2.05) is 6.07 Å². The van der Waals surface area contributed by atoms with E-state index in [-0.39, 0.29) is 32.0 Å². The Morgan fingerprint density at radius 3 is 2.61 bits per heavy atom. The average Bonchev–Trinajstić information content (AvgIpc) is 2.48. The van der Waals surface area contributed by atoms with E-state index in [2.05, 4.69) is 21.2 Å². The van der Waals surface area contributed by atoms with Crippen LogP contribution in [-0.4, -0.2) is 32.3 Å². The Balaban J connectivity index is 2.70. The summed E-state index contributed by atoms with van der Waals surface area (Å²) in [5.41, 5.74) is -0.0171. The molecule has 0 unspecified atom stereocenters. The number of anilines is 1. The monoisotopic (exact) mass is 406 g/mol. The highest BCUT2D eigenvalue weighted by Crippen LogP contribution is 2.40. The maximum Gasteiger partial charge on any atom is 0.282 e. The van der Waals surface area contributed by atoms with E-state index in [1.54, 1.807) is 0 Å². The largest absolute Gasteiger partial charge is 0.387 e. The van der Waals surface area contributed by atoms with Crippen LogP contribution in [0.1, 0.15) is 11.1 Å². The highest BCUT2D eigenvalue weighted by atomic mass is 79.9. The van der Waals surface area contributed by atoms with Gasteiger partial charge in [0.1, 0.15) is 6.07 Å². The highest BCUT2D eigenvalue weighted by molar-refractivity contribution is 9.12. The topological polar surface area (TPSA) is 62.9 Å². The van der Waals surface area contributed by atoms with Gasteiger partial charge in [0, 0.05) is 13.3 Å². The zero-order valence-electron chi connectivity index (χ0n) is 11.9. The lowest BCUT2D eigenvalue weighted by Gasteiger charge is -2.41. The third-order valence-electron chi connectivity index (χ3n) is 3.36. The number of hydrogen-bond donors (Lipinski definition) is 2. The summed E-state index contributed by atoms with van der Waals surface area (Å²) in [7, 11) is 1.49. The normalized spacial score (nSPS) is 17.0. The molecule has 1 aromatic carbocycles. The minimum Gasteiger partial charge on any atom is -0.387 e. The van der Waals surface area contributed by atoms with Crippen LogP contribution in [-0.2, 0) is 0 Å². The van der Waals surface area contributed by atoms with Crippen LogP contribution in [0.5, 0.6) is 0 Å². The number of nitrogens with one attached hydrogen (secondary N) is 2. The number of benzene rings is 1. The molecule has 23 heavy (non-hydrogen) atoms. The van der Waals surface area contributed by atoms with E-state index in [1.165, 1.54) is 18.0 Å². The van der Waals surface area contributed by atoms with E-state index >= 15 is 0 Å². The number of nitriles is 1. The molecule has 0 aliphatic carbocycles. The molecular formula is C14H11BrClF3N4. The van der Waals surface area contributed by atoms with Gasteiger partial charge in [-0.15, -0.1) is 0 Å². The summed E-state index contributed by atoms with van der Waals surface area (Å²) in [6.07, 6.45) is 0.921. The van der Waals surface area contributed by atoms with E-state index in [4.69, 9.17) is 17.0 Å². The van der Waals surface area contributed by atoms with Crippen molar-refractivity contribution in [1.29, 1.82) is 10.7 Å². The van der Waals surface area contributed by atoms with Gasteiger partial charge in [0.15, 0.2) is 5.82 Å². The summed E-state index contributed by atoms with van der Waals surface area (Å²) in [5, 5.41) is 19.1. The van der Waals surface area contributed by atoms with Crippen LogP contribution < -0.4 is 10.2 Å². The first kappa shape index (κ1) is 17.6.